The highest BCUT2D eigenvalue weighted by Crippen LogP contribution is 2.19. The molecule has 1 heterocycles. The number of aryl methyl sites for hydroxylation is 1. The number of benzene rings is 1. The van der Waals surface area contributed by atoms with Crippen LogP contribution in [0.3, 0.4) is 0 Å². The highest BCUT2D eigenvalue weighted by molar-refractivity contribution is 5.98. The molecule has 116 valence electrons. The van der Waals surface area contributed by atoms with Gasteiger partial charge in [0.25, 0.3) is 5.91 Å². The molecule has 2 amide bonds. The predicted molar refractivity (Wildman–Crippen MR) is 86.0 cm³/mol. The van der Waals surface area contributed by atoms with Gasteiger partial charge in [0.05, 0.1) is 5.92 Å². The first kappa shape index (κ1) is 17.5. The number of halogens is 1. The molecule has 1 aromatic carbocycles. The van der Waals surface area contributed by atoms with Crippen molar-refractivity contribution in [3.63, 3.8) is 0 Å². The van der Waals surface area contributed by atoms with E-state index in [1.807, 2.05) is 13.0 Å². The maximum absolute atomic E-state index is 12.2. The zero-order chi connectivity index (χ0) is 14.5. The topological polar surface area (TPSA) is 70.2 Å². The molecule has 0 aliphatic carbocycles. The number of carbonyl (C=O) groups is 2. The van der Waals surface area contributed by atoms with E-state index in [1.54, 1.807) is 19.2 Å². The molecule has 21 heavy (non-hydrogen) atoms. The number of carbonyl (C=O) groups excluding carboxylic acids is 2. The van der Waals surface area contributed by atoms with E-state index in [0.717, 1.165) is 31.5 Å². The van der Waals surface area contributed by atoms with Gasteiger partial charge in [-0.2, -0.15) is 0 Å². The summed E-state index contributed by atoms with van der Waals surface area (Å²) in [6.45, 7) is 3.62. The first-order chi connectivity index (χ1) is 9.61. The van der Waals surface area contributed by atoms with Gasteiger partial charge in [-0.25, -0.2) is 0 Å². The van der Waals surface area contributed by atoms with E-state index in [-0.39, 0.29) is 30.1 Å². The molecule has 0 aromatic heterocycles. The number of anilines is 1. The molecule has 0 radical (unpaired) electrons. The van der Waals surface area contributed by atoms with Crippen molar-refractivity contribution in [2.45, 2.75) is 19.8 Å². The van der Waals surface area contributed by atoms with Crippen molar-refractivity contribution in [1.29, 1.82) is 0 Å². The maximum Gasteiger partial charge on any atom is 0.251 e. The first-order valence-corrected chi connectivity index (χ1v) is 6.96. The van der Waals surface area contributed by atoms with Crippen LogP contribution in [0.4, 0.5) is 5.69 Å². The van der Waals surface area contributed by atoms with Gasteiger partial charge < -0.3 is 16.0 Å². The molecule has 6 heteroatoms. The van der Waals surface area contributed by atoms with Crippen LogP contribution in [0.2, 0.25) is 0 Å². The molecule has 3 N–H and O–H groups in total. The van der Waals surface area contributed by atoms with Gasteiger partial charge in [0, 0.05) is 24.8 Å². The fraction of sp³-hybridized carbons (Fsp3) is 0.467. The fourth-order valence-corrected chi connectivity index (χ4v) is 2.35. The number of rotatable bonds is 3. The zero-order valence-electron chi connectivity index (χ0n) is 12.4. The van der Waals surface area contributed by atoms with Gasteiger partial charge in [-0.1, -0.05) is 6.07 Å². The van der Waals surface area contributed by atoms with Gasteiger partial charge in [0.2, 0.25) is 5.91 Å². The van der Waals surface area contributed by atoms with Gasteiger partial charge in [0.15, 0.2) is 0 Å². The largest absolute Gasteiger partial charge is 0.355 e. The normalized spacial score (nSPS) is 17.5. The van der Waals surface area contributed by atoms with Gasteiger partial charge >= 0.3 is 0 Å². The molecular weight excluding hydrogens is 290 g/mol. The summed E-state index contributed by atoms with van der Waals surface area (Å²) in [6, 6.07) is 5.33. The van der Waals surface area contributed by atoms with Crippen molar-refractivity contribution in [2.75, 3.05) is 25.5 Å². The Morgan fingerprint density at radius 3 is 2.71 bits per heavy atom. The monoisotopic (exact) mass is 311 g/mol. The Labute approximate surface area is 131 Å². The van der Waals surface area contributed by atoms with Gasteiger partial charge in [-0.3, -0.25) is 9.59 Å². The lowest BCUT2D eigenvalue weighted by Gasteiger charge is -2.22. The molecule has 1 saturated heterocycles. The third-order valence-corrected chi connectivity index (χ3v) is 3.65. The maximum atomic E-state index is 12.2. The molecule has 1 unspecified atom stereocenters. The summed E-state index contributed by atoms with van der Waals surface area (Å²) >= 11 is 0. The standard InChI is InChI=1S/C15H21N3O2.ClH/c1-10-5-6-11(14(19)16-2)8-13(10)18-15(20)12-4-3-7-17-9-12;/h5-6,8,12,17H,3-4,7,9H2,1-2H3,(H,16,19)(H,18,20);1H. The molecule has 2 rings (SSSR count). The van der Waals surface area contributed by atoms with Crippen LogP contribution < -0.4 is 16.0 Å². The quantitative estimate of drug-likeness (QED) is 0.796. The lowest BCUT2D eigenvalue weighted by Crippen LogP contribution is -2.37. The number of piperidine rings is 1. The fourth-order valence-electron chi connectivity index (χ4n) is 2.35. The molecule has 1 aliphatic heterocycles. The van der Waals surface area contributed by atoms with Crippen molar-refractivity contribution >= 4 is 29.9 Å². The summed E-state index contributed by atoms with van der Waals surface area (Å²) < 4.78 is 0. The van der Waals surface area contributed by atoms with Crippen molar-refractivity contribution in [3.8, 4) is 0 Å². The highest BCUT2D eigenvalue weighted by Gasteiger charge is 2.21. The molecule has 1 aliphatic rings. The molecule has 1 fully saturated rings. The Morgan fingerprint density at radius 1 is 1.33 bits per heavy atom. The van der Waals surface area contributed by atoms with Crippen molar-refractivity contribution in [1.82, 2.24) is 10.6 Å². The first-order valence-electron chi connectivity index (χ1n) is 6.96. The van der Waals surface area contributed by atoms with Gasteiger partial charge in [-0.15, -0.1) is 12.4 Å². The molecule has 1 aromatic rings. The van der Waals surface area contributed by atoms with Crippen LogP contribution in [0.25, 0.3) is 0 Å². The Hall–Kier alpha value is -1.59. The SMILES string of the molecule is CNC(=O)c1ccc(C)c(NC(=O)C2CCCNC2)c1.Cl. The summed E-state index contributed by atoms with van der Waals surface area (Å²) in [5.74, 6) is -0.124. The van der Waals surface area contributed by atoms with Crippen molar-refractivity contribution < 1.29 is 9.59 Å². The predicted octanol–water partition coefficient (Wildman–Crippen LogP) is 1.71. The Bertz CT molecular complexity index is 514. The Balaban J connectivity index is 0.00000220. The molecule has 0 bridgehead atoms. The molecular formula is C15H22ClN3O2. The number of hydrogen-bond acceptors (Lipinski definition) is 3. The summed E-state index contributed by atoms with van der Waals surface area (Å²) in [4.78, 5) is 23.8. The second-order valence-corrected chi connectivity index (χ2v) is 5.14. The summed E-state index contributed by atoms with van der Waals surface area (Å²) in [7, 11) is 1.59. The highest BCUT2D eigenvalue weighted by atomic mass is 35.5. The van der Waals surface area contributed by atoms with E-state index in [4.69, 9.17) is 0 Å². The van der Waals surface area contributed by atoms with Crippen LogP contribution in [0, 0.1) is 12.8 Å². The summed E-state index contributed by atoms with van der Waals surface area (Å²) in [5, 5.41) is 8.75. The van der Waals surface area contributed by atoms with E-state index in [2.05, 4.69) is 16.0 Å². The van der Waals surface area contributed by atoms with Gasteiger partial charge in [-0.05, 0) is 44.0 Å². The van der Waals surface area contributed by atoms with Crippen LogP contribution in [0.1, 0.15) is 28.8 Å². The molecule has 0 saturated carbocycles. The Morgan fingerprint density at radius 2 is 2.10 bits per heavy atom. The van der Waals surface area contributed by atoms with Gasteiger partial charge in [0.1, 0.15) is 0 Å². The lowest BCUT2D eigenvalue weighted by molar-refractivity contribution is -0.120. The second kappa shape index (κ2) is 8.00. The van der Waals surface area contributed by atoms with E-state index in [1.165, 1.54) is 0 Å². The number of amides is 2. The van der Waals surface area contributed by atoms with E-state index >= 15 is 0 Å². The van der Waals surface area contributed by atoms with Crippen molar-refractivity contribution in [2.24, 2.45) is 5.92 Å². The average Bonchev–Trinajstić information content (AvgIpc) is 2.49. The number of hydrogen-bond donors (Lipinski definition) is 3. The molecule has 0 spiro atoms. The minimum Gasteiger partial charge on any atom is -0.355 e. The smallest absolute Gasteiger partial charge is 0.251 e. The van der Waals surface area contributed by atoms with Crippen LogP contribution in [0.15, 0.2) is 18.2 Å². The minimum atomic E-state index is -0.153. The summed E-state index contributed by atoms with van der Waals surface area (Å²) in [6.07, 6.45) is 1.93. The van der Waals surface area contributed by atoms with Crippen molar-refractivity contribution in [3.05, 3.63) is 29.3 Å². The minimum absolute atomic E-state index is 0. The van der Waals surface area contributed by atoms with E-state index < -0.39 is 0 Å². The third-order valence-electron chi connectivity index (χ3n) is 3.65. The molecule has 1 atom stereocenters. The third kappa shape index (κ3) is 4.44. The molecule has 5 nitrogen and oxygen atoms in total. The zero-order valence-corrected chi connectivity index (χ0v) is 13.2. The van der Waals surface area contributed by atoms with E-state index in [0.29, 0.717) is 11.3 Å². The second-order valence-electron chi connectivity index (χ2n) is 5.14. The number of nitrogens with one attached hydrogen (secondary N) is 3. The van der Waals surface area contributed by atoms with Crippen LogP contribution >= 0.6 is 12.4 Å². The lowest BCUT2D eigenvalue weighted by atomic mass is 9.98. The van der Waals surface area contributed by atoms with E-state index in [9.17, 15) is 9.59 Å². The summed E-state index contributed by atoms with van der Waals surface area (Å²) in [5.41, 5.74) is 2.21. The average molecular weight is 312 g/mol. The Kier molecular flexibility index (Phi) is 6.65. The van der Waals surface area contributed by atoms with Crippen LogP contribution in [-0.2, 0) is 4.79 Å². The van der Waals surface area contributed by atoms with Crippen LogP contribution in [-0.4, -0.2) is 32.0 Å². The van der Waals surface area contributed by atoms with Crippen LogP contribution in [0.5, 0.6) is 0 Å².